The number of halogens is 1. The van der Waals surface area contributed by atoms with Crippen LogP contribution in [0.1, 0.15) is 15.9 Å². The van der Waals surface area contributed by atoms with Gasteiger partial charge < -0.3 is 10.1 Å². The van der Waals surface area contributed by atoms with Gasteiger partial charge in [-0.3, -0.25) is 4.79 Å². The van der Waals surface area contributed by atoms with Crippen molar-refractivity contribution in [3.05, 3.63) is 53.5 Å². The highest BCUT2D eigenvalue weighted by Crippen LogP contribution is 2.17. The Kier molecular flexibility index (Phi) is 3.75. The van der Waals surface area contributed by atoms with E-state index >= 15 is 0 Å². The highest BCUT2D eigenvalue weighted by atomic mass is 19.1. The summed E-state index contributed by atoms with van der Waals surface area (Å²) in [4.78, 5) is 15.9. The van der Waals surface area contributed by atoms with Crippen LogP contribution in [0.4, 0.5) is 10.1 Å². The number of carbonyl (C=O) groups is 1. The van der Waals surface area contributed by atoms with Gasteiger partial charge in [-0.2, -0.15) is 0 Å². The number of carbonyl (C=O) groups excluding carboxylic acids is 1. The molecule has 0 bridgehead atoms. The van der Waals surface area contributed by atoms with Crippen molar-refractivity contribution in [2.24, 2.45) is 0 Å². The number of aromatic nitrogens is 1. The van der Waals surface area contributed by atoms with Crippen molar-refractivity contribution in [3.8, 4) is 5.88 Å². The summed E-state index contributed by atoms with van der Waals surface area (Å²) in [6.07, 6.45) is 1.42. The van der Waals surface area contributed by atoms with Gasteiger partial charge in [0.15, 0.2) is 0 Å². The highest BCUT2D eigenvalue weighted by molar-refractivity contribution is 6.04. The zero-order valence-electron chi connectivity index (χ0n) is 10.6. The molecule has 1 aromatic heterocycles. The highest BCUT2D eigenvalue weighted by Gasteiger charge is 2.08. The Morgan fingerprint density at radius 3 is 2.68 bits per heavy atom. The van der Waals surface area contributed by atoms with Gasteiger partial charge in [0, 0.05) is 18.0 Å². The molecule has 4 nitrogen and oxygen atoms in total. The molecular formula is C14H13FN2O2. The molecule has 0 aliphatic heterocycles. The number of hydrogen-bond donors (Lipinski definition) is 1. The van der Waals surface area contributed by atoms with Crippen LogP contribution in [0.5, 0.6) is 5.88 Å². The van der Waals surface area contributed by atoms with Crippen LogP contribution in [-0.2, 0) is 0 Å². The molecule has 0 aliphatic carbocycles. The fraction of sp³-hybridized carbons (Fsp3) is 0.143. The summed E-state index contributed by atoms with van der Waals surface area (Å²) < 4.78 is 17.9. The van der Waals surface area contributed by atoms with E-state index in [0.717, 1.165) is 0 Å². The lowest BCUT2D eigenvalue weighted by atomic mass is 10.2. The number of nitrogens with one attached hydrogen (secondary N) is 1. The van der Waals surface area contributed by atoms with E-state index in [-0.39, 0.29) is 11.7 Å². The van der Waals surface area contributed by atoms with Gasteiger partial charge in [-0.1, -0.05) is 0 Å². The van der Waals surface area contributed by atoms with Crippen LogP contribution in [0.15, 0.2) is 36.5 Å². The second-order valence-electron chi connectivity index (χ2n) is 4.00. The first-order chi connectivity index (χ1) is 9.10. The maximum absolute atomic E-state index is 13.0. The minimum Gasteiger partial charge on any atom is -0.481 e. The van der Waals surface area contributed by atoms with Gasteiger partial charge in [-0.25, -0.2) is 9.37 Å². The average molecular weight is 260 g/mol. The van der Waals surface area contributed by atoms with Gasteiger partial charge in [0.1, 0.15) is 5.82 Å². The molecule has 0 atom stereocenters. The largest absolute Gasteiger partial charge is 0.481 e. The van der Waals surface area contributed by atoms with Gasteiger partial charge in [-0.15, -0.1) is 0 Å². The van der Waals surface area contributed by atoms with Crippen LogP contribution in [0.3, 0.4) is 0 Å². The molecule has 0 radical (unpaired) electrons. The quantitative estimate of drug-likeness (QED) is 0.923. The summed E-state index contributed by atoms with van der Waals surface area (Å²) >= 11 is 0. The third-order valence-electron chi connectivity index (χ3n) is 2.64. The predicted molar refractivity (Wildman–Crippen MR) is 69.9 cm³/mol. The number of amides is 1. The first kappa shape index (κ1) is 13.0. The molecule has 0 unspecified atom stereocenters. The van der Waals surface area contributed by atoms with E-state index in [2.05, 4.69) is 10.3 Å². The van der Waals surface area contributed by atoms with E-state index in [9.17, 15) is 9.18 Å². The zero-order chi connectivity index (χ0) is 13.8. The molecule has 0 spiro atoms. The molecule has 98 valence electrons. The number of nitrogens with zero attached hydrogens (tertiary/aromatic N) is 1. The van der Waals surface area contributed by atoms with E-state index in [4.69, 9.17) is 4.74 Å². The minimum absolute atomic E-state index is 0.301. The van der Waals surface area contributed by atoms with Gasteiger partial charge in [0.25, 0.3) is 5.91 Å². The SMILES string of the molecule is COc1ccc(C(=O)Nc2ccc(F)cc2C)cn1. The van der Waals surface area contributed by atoms with E-state index < -0.39 is 0 Å². The number of rotatable bonds is 3. The molecule has 2 aromatic rings. The Hall–Kier alpha value is -2.43. The molecule has 2 rings (SSSR count). The molecular weight excluding hydrogens is 247 g/mol. The van der Waals surface area contributed by atoms with Gasteiger partial charge >= 0.3 is 0 Å². The second-order valence-corrected chi connectivity index (χ2v) is 4.00. The lowest BCUT2D eigenvalue weighted by Crippen LogP contribution is -2.13. The summed E-state index contributed by atoms with van der Waals surface area (Å²) in [7, 11) is 1.50. The van der Waals surface area contributed by atoms with E-state index in [1.807, 2.05) is 0 Å². The summed E-state index contributed by atoms with van der Waals surface area (Å²) in [5.74, 6) is -0.194. The Bertz CT molecular complexity index is 597. The Balaban J connectivity index is 2.15. The lowest BCUT2D eigenvalue weighted by molar-refractivity contribution is 0.102. The topological polar surface area (TPSA) is 51.2 Å². The van der Waals surface area contributed by atoms with Crippen molar-refractivity contribution < 1.29 is 13.9 Å². The summed E-state index contributed by atoms with van der Waals surface area (Å²) in [6.45, 7) is 1.73. The van der Waals surface area contributed by atoms with Crippen molar-refractivity contribution in [2.75, 3.05) is 12.4 Å². The number of hydrogen-bond acceptors (Lipinski definition) is 3. The smallest absolute Gasteiger partial charge is 0.257 e. The molecule has 0 fully saturated rings. The molecule has 0 saturated heterocycles. The number of anilines is 1. The number of methoxy groups -OCH3 is 1. The van der Waals surface area contributed by atoms with Crippen molar-refractivity contribution in [3.63, 3.8) is 0 Å². The van der Waals surface area contributed by atoms with Crippen LogP contribution in [0.25, 0.3) is 0 Å². The molecule has 19 heavy (non-hydrogen) atoms. The molecule has 1 N–H and O–H groups in total. The third kappa shape index (κ3) is 3.07. The molecule has 0 saturated carbocycles. The normalized spacial score (nSPS) is 10.1. The monoisotopic (exact) mass is 260 g/mol. The van der Waals surface area contributed by atoms with Crippen molar-refractivity contribution in [1.82, 2.24) is 4.98 Å². The first-order valence-corrected chi connectivity index (χ1v) is 5.67. The van der Waals surface area contributed by atoms with Gasteiger partial charge in [-0.05, 0) is 36.8 Å². The predicted octanol–water partition coefficient (Wildman–Crippen LogP) is 2.79. The fourth-order valence-corrected chi connectivity index (χ4v) is 1.60. The minimum atomic E-state index is -0.332. The number of aryl methyl sites for hydroxylation is 1. The van der Waals surface area contributed by atoms with E-state index in [1.165, 1.54) is 31.5 Å². The van der Waals surface area contributed by atoms with Crippen LogP contribution in [0.2, 0.25) is 0 Å². The maximum atomic E-state index is 13.0. The standard InChI is InChI=1S/C14H13FN2O2/c1-9-7-11(15)4-5-12(9)17-14(18)10-3-6-13(19-2)16-8-10/h3-8H,1-2H3,(H,17,18). The summed E-state index contributed by atoms with van der Waals surface area (Å²) in [5.41, 5.74) is 1.64. The van der Waals surface area contributed by atoms with E-state index in [1.54, 1.807) is 19.1 Å². The molecule has 1 aromatic carbocycles. The molecule has 1 heterocycles. The Morgan fingerprint density at radius 1 is 1.32 bits per heavy atom. The number of pyridine rings is 1. The number of ether oxygens (including phenoxy) is 1. The molecule has 1 amide bonds. The van der Waals surface area contributed by atoms with Crippen molar-refractivity contribution in [2.45, 2.75) is 6.92 Å². The first-order valence-electron chi connectivity index (χ1n) is 5.67. The van der Waals surface area contributed by atoms with Crippen LogP contribution in [0, 0.1) is 12.7 Å². The Labute approximate surface area is 110 Å². The van der Waals surface area contributed by atoms with Gasteiger partial charge in [0.2, 0.25) is 5.88 Å². The summed E-state index contributed by atoms with van der Waals surface area (Å²) in [5, 5.41) is 2.70. The zero-order valence-corrected chi connectivity index (χ0v) is 10.6. The van der Waals surface area contributed by atoms with Crippen LogP contribution < -0.4 is 10.1 Å². The van der Waals surface area contributed by atoms with Gasteiger partial charge in [0.05, 0.1) is 12.7 Å². The fourth-order valence-electron chi connectivity index (χ4n) is 1.60. The average Bonchev–Trinajstić information content (AvgIpc) is 2.42. The lowest BCUT2D eigenvalue weighted by Gasteiger charge is -2.08. The third-order valence-corrected chi connectivity index (χ3v) is 2.64. The van der Waals surface area contributed by atoms with E-state index in [0.29, 0.717) is 22.7 Å². The van der Waals surface area contributed by atoms with Crippen LogP contribution in [-0.4, -0.2) is 18.0 Å². The van der Waals surface area contributed by atoms with Crippen molar-refractivity contribution in [1.29, 1.82) is 0 Å². The van der Waals surface area contributed by atoms with Crippen molar-refractivity contribution >= 4 is 11.6 Å². The summed E-state index contributed by atoms with van der Waals surface area (Å²) in [6, 6.07) is 7.41. The van der Waals surface area contributed by atoms with Crippen LogP contribution >= 0.6 is 0 Å². The Morgan fingerprint density at radius 2 is 2.11 bits per heavy atom. The molecule has 0 aliphatic rings. The maximum Gasteiger partial charge on any atom is 0.257 e. The molecule has 5 heteroatoms. The second kappa shape index (κ2) is 5.48. The number of benzene rings is 1.